The van der Waals surface area contributed by atoms with Crippen molar-refractivity contribution in [3.8, 4) is 11.7 Å². The van der Waals surface area contributed by atoms with E-state index in [1.807, 2.05) is 37.3 Å². The zero-order valence-electron chi connectivity index (χ0n) is 9.76. The van der Waals surface area contributed by atoms with Crippen molar-refractivity contribution in [2.24, 2.45) is 0 Å². The molecule has 0 aliphatic rings. The van der Waals surface area contributed by atoms with Gasteiger partial charge in [0.1, 0.15) is 11.9 Å². The highest BCUT2D eigenvalue weighted by molar-refractivity contribution is 5.20. The van der Waals surface area contributed by atoms with Crippen LogP contribution in [0.1, 0.15) is 12.8 Å². The van der Waals surface area contributed by atoms with Gasteiger partial charge in [-0.25, -0.2) is 4.98 Å². The SMILES string of the molecule is CCOc1cnc(CCOc2ccccc2)o1. The summed E-state index contributed by atoms with van der Waals surface area (Å²) in [5.41, 5.74) is 0. The maximum Gasteiger partial charge on any atom is 0.305 e. The molecular weight excluding hydrogens is 218 g/mol. The molecule has 0 radical (unpaired) electrons. The van der Waals surface area contributed by atoms with Crippen LogP contribution < -0.4 is 9.47 Å². The summed E-state index contributed by atoms with van der Waals surface area (Å²) in [6, 6.07) is 9.67. The molecule has 0 unspecified atom stereocenters. The summed E-state index contributed by atoms with van der Waals surface area (Å²) >= 11 is 0. The first-order chi connectivity index (χ1) is 8.38. The van der Waals surface area contributed by atoms with Crippen molar-refractivity contribution in [2.75, 3.05) is 13.2 Å². The van der Waals surface area contributed by atoms with Crippen LogP contribution in [0.3, 0.4) is 0 Å². The third-order valence-corrected chi connectivity index (χ3v) is 2.15. The quantitative estimate of drug-likeness (QED) is 0.769. The molecule has 0 spiro atoms. The number of benzene rings is 1. The number of aromatic nitrogens is 1. The van der Waals surface area contributed by atoms with E-state index in [0.717, 1.165) is 5.75 Å². The summed E-state index contributed by atoms with van der Waals surface area (Å²) in [6.07, 6.45) is 2.21. The average Bonchev–Trinajstić information content (AvgIpc) is 2.79. The Balaban J connectivity index is 1.78. The second kappa shape index (κ2) is 5.94. The van der Waals surface area contributed by atoms with E-state index in [-0.39, 0.29) is 0 Å². The highest BCUT2D eigenvalue weighted by atomic mass is 16.6. The maximum absolute atomic E-state index is 5.54. The minimum Gasteiger partial charge on any atom is -0.493 e. The van der Waals surface area contributed by atoms with Crippen molar-refractivity contribution in [1.82, 2.24) is 4.98 Å². The van der Waals surface area contributed by atoms with Crippen molar-refractivity contribution in [3.05, 3.63) is 42.4 Å². The Bertz CT molecular complexity index is 439. The van der Waals surface area contributed by atoms with Gasteiger partial charge < -0.3 is 13.9 Å². The molecule has 0 atom stereocenters. The van der Waals surface area contributed by atoms with Gasteiger partial charge >= 0.3 is 5.95 Å². The Kier molecular flexibility index (Phi) is 4.02. The van der Waals surface area contributed by atoms with Crippen molar-refractivity contribution in [2.45, 2.75) is 13.3 Å². The smallest absolute Gasteiger partial charge is 0.305 e. The number of hydrogen-bond acceptors (Lipinski definition) is 4. The van der Waals surface area contributed by atoms with E-state index in [2.05, 4.69) is 4.98 Å². The molecule has 1 heterocycles. The molecule has 1 aromatic heterocycles. The first-order valence-electron chi connectivity index (χ1n) is 5.64. The number of rotatable bonds is 6. The lowest BCUT2D eigenvalue weighted by atomic mass is 10.3. The Morgan fingerprint density at radius 2 is 2.00 bits per heavy atom. The van der Waals surface area contributed by atoms with Gasteiger partial charge in [-0.3, -0.25) is 0 Å². The molecule has 0 aliphatic heterocycles. The summed E-state index contributed by atoms with van der Waals surface area (Å²) in [5.74, 6) is 1.94. The van der Waals surface area contributed by atoms with Gasteiger partial charge in [0.05, 0.1) is 19.6 Å². The predicted octanol–water partition coefficient (Wildman–Crippen LogP) is 2.69. The lowest BCUT2D eigenvalue weighted by Gasteiger charge is -2.03. The zero-order chi connectivity index (χ0) is 11.9. The van der Waals surface area contributed by atoms with Gasteiger partial charge in [-0.15, -0.1) is 0 Å². The highest BCUT2D eigenvalue weighted by Crippen LogP contribution is 2.13. The van der Waals surface area contributed by atoms with Crippen LogP contribution >= 0.6 is 0 Å². The predicted molar refractivity (Wildman–Crippen MR) is 63.3 cm³/mol. The van der Waals surface area contributed by atoms with E-state index in [0.29, 0.717) is 31.5 Å². The first kappa shape index (κ1) is 11.5. The van der Waals surface area contributed by atoms with Crippen LogP contribution in [0.5, 0.6) is 11.7 Å². The van der Waals surface area contributed by atoms with Gasteiger partial charge in [-0.05, 0) is 19.1 Å². The van der Waals surface area contributed by atoms with Crippen molar-refractivity contribution in [3.63, 3.8) is 0 Å². The second-order valence-corrected chi connectivity index (χ2v) is 3.42. The molecular formula is C13H15NO3. The fourth-order valence-electron chi connectivity index (χ4n) is 1.39. The van der Waals surface area contributed by atoms with Crippen LogP contribution in [0, 0.1) is 0 Å². The summed E-state index contributed by atoms with van der Waals surface area (Å²) in [4.78, 5) is 4.09. The van der Waals surface area contributed by atoms with E-state index < -0.39 is 0 Å². The Hall–Kier alpha value is -1.97. The van der Waals surface area contributed by atoms with Gasteiger partial charge in [-0.1, -0.05) is 18.2 Å². The van der Waals surface area contributed by atoms with Crippen LogP contribution in [0.4, 0.5) is 0 Å². The topological polar surface area (TPSA) is 44.5 Å². The molecule has 90 valence electrons. The van der Waals surface area contributed by atoms with Gasteiger partial charge in [0.25, 0.3) is 0 Å². The maximum atomic E-state index is 5.54. The average molecular weight is 233 g/mol. The lowest BCUT2D eigenvalue weighted by Crippen LogP contribution is -2.01. The number of hydrogen-bond donors (Lipinski definition) is 0. The molecule has 2 rings (SSSR count). The Morgan fingerprint density at radius 1 is 1.18 bits per heavy atom. The number of nitrogens with zero attached hydrogens (tertiary/aromatic N) is 1. The molecule has 4 heteroatoms. The zero-order valence-corrected chi connectivity index (χ0v) is 9.76. The molecule has 0 N–H and O–H groups in total. The molecule has 0 fully saturated rings. The minimum atomic E-state index is 0.460. The standard InChI is InChI=1S/C13H15NO3/c1-2-15-13-10-14-12(17-13)8-9-16-11-6-4-3-5-7-11/h3-7,10H,2,8-9H2,1H3. The largest absolute Gasteiger partial charge is 0.493 e. The van der Waals surface area contributed by atoms with Gasteiger partial charge in [0.15, 0.2) is 0 Å². The third kappa shape index (κ3) is 3.52. The van der Waals surface area contributed by atoms with E-state index in [4.69, 9.17) is 13.9 Å². The third-order valence-electron chi connectivity index (χ3n) is 2.15. The molecule has 0 amide bonds. The molecule has 4 nitrogen and oxygen atoms in total. The molecule has 1 aromatic carbocycles. The van der Waals surface area contributed by atoms with Gasteiger partial charge in [0.2, 0.25) is 5.89 Å². The second-order valence-electron chi connectivity index (χ2n) is 3.42. The Labute approximate surface area is 100 Å². The van der Waals surface area contributed by atoms with E-state index in [1.54, 1.807) is 6.20 Å². The Morgan fingerprint density at radius 3 is 2.76 bits per heavy atom. The molecule has 2 aromatic rings. The number of para-hydroxylation sites is 1. The van der Waals surface area contributed by atoms with E-state index >= 15 is 0 Å². The fourth-order valence-corrected chi connectivity index (χ4v) is 1.39. The van der Waals surface area contributed by atoms with Crippen LogP contribution in [0.25, 0.3) is 0 Å². The van der Waals surface area contributed by atoms with Crippen molar-refractivity contribution < 1.29 is 13.9 Å². The summed E-state index contributed by atoms with van der Waals surface area (Å²) in [6.45, 7) is 3.02. The first-order valence-corrected chi connectivity index (χ1v) is 5.64. The summed E-state index contributed by atoms with van der Waals surface area (Å²) in [5, 5.41) is 0. The summed E-state index contributed by atoms with van der Waals surface area (Å²) < 4.78 is 16.1. The molecule has 0 bridgehead atoms. The fraction of sp³-hybridized carbons (Fsp3) is 0.308. The van der Waals surface area contributed by atoms with Crippen LogP contribution in [0.2, 0.25) is 0 Å². The number of ether oxygens (including phenoxy) is 2. The molecule has 0 saturated heterocycles. The van der Waals surface area contributed by atoms with Crippen molar-refractivity contribution in [1.29, 1.82) is 0 Å². The minimum absolute atomic E-state index is 0.460. The highest BCUT2D eigenvalue weighted by Gasteiger charge is 2.04. The van der Waals surface area contributed by atoms with Crippen LogP contribution in [0.15, 0.2) is 40.9 Å². The monoisotopic (exact) mass is 233 g/mol. The molecule has 17 heavy (non-hydrogen) atoms. The van der Waals surface area contributed by atoms with Crippen LogP contribution in [-0.2, 0) is 6.42 Å². The lowest BCUT2D eigenvalue weighted by molar-refractivity contribution is 0.242. The molecule has 0 saturated carbocycles. The van der Waals surface area contributed by atoms with Crippen molar-refractivity contribution >= 4 is 0 Å². The van der Waals surface area contributed by atoms with Crippen LogP contribution in [-0.4, -0.2) is 18.2 Å². The summed E-state index contributed by atoms with van der Waals surface area (Å²) in [7, 11) is 0. The van der Waals surface area contributed by atoms with E-state index in [1.165, 1.54) is 0 Å². The number of oxazole rings is 1. The van der Waals surface area contributed by atoms with E-state index in [9.17, 15) is 0 Å². The normalized spacial score (nSPS) is 10.2. The molecule has 0 aliphatic carbocycles. The van der Waals surface area contributed by atoms with Gasteiger partial charge in [0, 0.05) is 0 Å². The van der Waals surface area contributed by atoms with Gasteiger partial charge in [-0.2, -0.15) is 0 Å².